The number of nitrogens with zero attached hydrogens (tertiary/aromatic N) is 4. The summed E-state index contributed by atoms with van der Waals surface area (Å²) in [6.45, 7) is 7.49. The summed E-state index contributed by atoms with van der Waals surface area (Å²) in [5.41, 5.74) is 7.55. The maximum atomic E-state index is 12.4. The molecule has 0 spiro atoms. The van der Waals surface area contributed by atoms with Gasteiger partial charge < -0.3 is 21.1 Å². The molecule has 1 aliphatic rings. The number of allylic oxidation sites excluding steroid dienone is 2. The van der Waals surface area contributed by atoms with E-state index < -0.39 is 11.9 Å². The number of aliphatic imine (C=N–C) groups is 1. The Morgan fingerprint density at radius 3 is 2.68 bits per heavy atom. The molecule has 9 nitrogen and oxygen atoms in total. The lowest BCUT2D eigenvalue weighted by atomic mass is 10.0. The molecular formula is C21H24N6O3S. The van der Waals surface area contributed by atoms with Gasteiger partial charge in [0.2, 0.25) is 0 Å². The number of carboxylic acid groups (broad SMARTS) is 1. The summed E-state index contributed by atoms with van der Waals surface area (Å²) in [5, 5.41) is 21.6. The van der Waals surface area contributed by atoms with E-state index in [1.54, 1.807) is 18.5 Å². The van der Waals surface area contributed by atoms with Gasteiger partial charge in [0, 0.05) is 41.5 Å². The largest absolute Gasteiger partial charge is 0.478 e. The van der Waals surface area contributed by atoms with Crippen molar-refractivity contribution in [1.82, 2.24) is 15.1 Å². The van der Waals surface area contributed by atoms with Gasteiger partial charge in [-0.25, -0.2) is 9.79 Å². The van der Waals surface area contributed by atoms with Gasteiger partial charge in [0.05, 0.1) is 18.0 Å². The van der Waals surface area contributed by atoms with Crippen LogP contribution in [0.5, 0.6) is 0 Å². The Morgan fingerprint density at radius 2 is 2.06 bits per heavy atom. The van der Waals surface area contributed by atoms with E-state index in [-0.39, 0.29) is 16.1 Å². The quantitative estimate of drug-likeness (QED) is 0.563. The van der Waals surface area contributed by atoms with Gasteiger partial charge in [0.15, 0.2) is 0 Å². The number of nitrogens with one attached hydrogen (secondary N) is 1. The topological polar surface area (TPSA) is 134 Å². The molecule has 3 heterocycles. The Hall–Kier alpha value is -3.53. The van der Waals surface area contributed by atoms with Gasteiger partial charge in [-0.15, -0.1) is 11.3 Å². The summed E-state index contributed by atoms with van der Waals surface area (Å²) in [5.74, 6) is -1.04. The smallest absolute Gasteiger partial charge is 0.339 e. The van der Waals surface area contributed by atoms with Gasteiger partial charge in [-0.05, 0) is 32.3 Å². The van der Waals surface area contributed by atoms with E-state index in [0.29, 0.717) is 22.7 Å². The highest BCUT2D eigenvalue weighted by atomic mass is 32.1. The van der Waals surface area contributed by atoms with E-state index >= 15 is 0 Å². The fraction of sp³-hybridized carbons (Fsp3) is 0.286. The molecule has 0 saturated carbocycles. The molecule has 31 heavy (non-hydrogen) atoms. The number of thiophene rings is 1. The first-order valence-electron chi connectivity index (χ1n) is 9.76. The van der Waals surface area contributed by atoms with E-state index in [9.17, 15) is 14.7 Å². The van der Waals surface area contributed by atoms with Gasteiger partial charge in [0.25, 0.3) is 5.91 Å². The molecule has 162 valence electrons. The highest BCUT2D eigenvalue weighted by Crippen LogP contribution is 2.33. The van der Waals surface area contributed by atoms with Crippen LogP contribution in [-0.4, -0.2) is 51.4 Å². The van der Waals surface area contributed by atoms with Crippen LogP contribution in [0.4, 0.5) is 5.00 Å². The maximum Gasteiger partial charge on any atom is 0.339 e. The fourth-order valence-corrected chi connectivity index (χ4v) is 4.16. The highest BCUT2D eigenvalue weighted by Gasteiger charge is 2.23. The number of carboxylic acids is 1. The highest BCUT2D eigenvalue weighted by molar-refractivity contribution is 7.15. The summed E-state index contributed by atoms with van der Waals surface area (Å²) in [6.07, 6.45) is 7.62. The van der Waals surface area contributed by atoms with Crippen LogP contribution in [0.1, 0.15) is 52.5 Å². The number of hydrogen-bond acceptors (Lipinski definition) is 8. The van der Waals surface area contributed by atoms with Crippen LogP contribution in [0.25, 0.3) is 5.57 Å². The molecule has 2 aromatic rings. The van der Waals surface area contributed by atoms with Crippen molar-refractivity contribution in [1.29, 1.82) is 0 Å². The molecule has 0 unspecified atom stereocenters. The van der Waals surface area contributed by atoms with Crippen molar-refractivity contribution in [2.45, 2.75) is 26.2 Å². The van der Waals surface area contributed by atoms with Gasteiger partial charge >= 0.3 is 5.97 Å². The molecule has 0 aliphatic carbocycles. The number of amides is 1. The molecule has 4 N–H and O–H groups in total. The number of carbonyl (C=O) groups excluding carboxylic acids is 1. The van der Waals surface area contributed by atoms with Crippen molar-refractivity contribution >= 4 is 40.0 Å². The van der Waals surface area contributed by atoms with Crippen LogP contribution in [0.2, 0.25) is 0 Å². The minimum absolute atomic E-state index is 0.0461. The molecule has 10 heteroatoms. The average Bonchev–Trinajstić information content (AvgIpc) is 3.18. The third kappa shape index (κ3) is 5.34. The number of anilines is 1. The van der Waals surface area contributed by atoms with Gasteiger partial charge in [-0.2, -0.15) is 10.2 Å². The van der Waals surface area contributed by atoms with Gasteiger partial charge in [-0.1, -0.05) is 6.58 Å². The Labute approximate surface area is 184 Å². The SMILES string of the molecule is C=C(/N=C\C(=C(\C)N)c1csc(NC(=O)c2ccnnc2)c1C(=O)O)N1CCCCC1. The first kappa shape index (κ1) is 22.2. The molecule has 0 aromatic carbocycles. The molecule has 0 bridgehead atoms. The lowest BCUT2D eigenvalue weighted by Gasteiger charge is -2.28. The van der Waals surface area contributed by atoms with E-state index in [1.165, 1.54) is 24.9 Å². The number of hydrogen-bond donors (Lipinski definition) is 3. The average molecular weight is 441 g/mol. The number of piperidine rings is 1. The van der Waals surface area contributed by atoms with E-state index in [4.69, 9.17) is 5.73 Å². The Bertz CT molecular complexity index is 1030. The second kappa shape index (κ2) is 9.98. The zero-order chi connectivity index (χ0) is 22.4. The molecule has 1 aliphatic heterocycles. The summed E-state index contributed by atoms with van der Waals surface area (Å²) in [7, 11) is 0. The van der Waals surface area contributed by atoms with Crippen LogP contribution in [0.15, 0.2) is 46.9 Å². The predicted molar refractivity (Wildman–Crippen MR) is 121 cm³/mol. The molecule has 3 rings (SSSR count). The summed E-state index contributed by atoms with van der Waals surface area (Å²) in [6, 6.07) is 1.49. The lowest BCUT2D eigenvalue weighted by Crippen LogP contribution is -2.27. The molecule has 1 fully saturated rings. The van der Waals surface area contributed by atoms with Gasteiger partial charge in [-0.3, -0.25) is 4.79 Å². The molecule has 1 saturated heterocycles. The van der Waals surface area contributed by atoms with Crippen molar-refractivity contribution in [3.63, 3.8) is 0 Å². The number of rotatable bonds is 7. The lowest BCUT2D eigenvalue weighted by molar-refractivity contribution is 0.0698. The molecule has 2 aromatic heterocycles. The van der Waals surface area contributed by atoms with Gasteiger partial charge in [0.1, 0.15) is 16.4 Å². The number of nitrogens with two attached hydrogens (primary N) is 1. The van der Waals surface area contributed by atoms with Crippen molar-refractivity contribution in [3.05, 3.63) is 58.6 Å². The zero-order valence-corrected chi connectivity index (χ0v) is 18.0. The van der Waals surface area contributed by atoms with Crippen LogP contribution in [-0.2, 0) is 0 Å². The molecule has 0 radical (unpaired) electrons. The van der Waals surface area contributed by atoms with Crippen LogP contribution < -0.4 is 11.1 Å². The Morgan fingerprint density at radius 1 is 1.32 bits per heavy atom. The molecular weight excluding hydrogens is 416 g/mol. The minimum Gasteiger partial charge on any atom is -0.478 e. The fourth-order valence-electron chi connectivity index (χ4n) is 3.22. The molecule has 0 atom stereocenters. The third-order valence-corrected chi connectivity index (χ3v) is 5.75. The van der Waals surface area contributed by atoms with Crippen molar-refractivity contribution in [2.24, 2.45) is 10.7 Å². The summed E-state index contributed by atoms with van der Waals surface area (Å²) >= 11 is 1.10. The van der Waals surface area contributed by atoms with Crippen molar-refractivity contribution in [2.75, 3.05) is 18.4 Å². The Balaban J connectivity index is 1.88. The zero-order valence-electron chi connectivity index (χ0n) is 17.2. The van der Waals surface area contributed by atoms with Crippen molar-refractivity contribution in [3.8, 4) is 0 Å². The van der Waals surface area contributed by atoms with Crippen LogP contribution in [0.3, 0.4) is 0 Å². The summed E-state index contributed by atoms with van der Waals surface area (Å²) in [4.78, 5) is 31.0. The van der Waals surface area contributed by atoms with Crippen LogP contribution >= 0.6 is 11.3 Å². The third-order valence-electron chi connectivity index (χ3n) is 4.86. The van der Waals surface area contributed by atoms with E-state index in [2.05, 4.69) is 32.0 Å². The predicted octanol–water partition coefficient (Wildman–Crippen LogP) is 3.21. The number of aromatic carboxylic acids is 1. The summed E-state index contributed by atoms with van der Waals surface area (Å²) < 4.78 is 0. The van der Waals surface area contributed by atoms with Crippen LogP contribution in [0, 0.1) is 0 Å². The van der Waals surface area contributed by atoms with E-state index in [1.807, 2.05) is 0 Å². The number of carbonyl (C=O) groups is 2. The first-order valence-corrected chi connectivity index (χ1v) is 10.6. The van der Waals surface area contributed by atoms with E-state index in [0.717, 1.165) is 37.3 Å². The number of aromatic nitrogens is 2. The second-order valence-corrected chi connectivity index (χ2v) is 7.94. The Kier molecular flexibility index (Phi) is 7.14. The first-order chi connectivity index (χ1) is 14.9. The standard InChI is InChI=1S/C21H24N6O3S/c1-13(22)16(11-23-14(2)27-8-4-3-5-9-27)17-12-31-20(18(17)21(29)30)26-19(28)15-6-7-24-25-10-15/h6-7,10-12H,2-5,8-9,22H2,1H3,(H,26,28)(H,29,30)/b16-13+,23-11-. The monoisotopic (exact) mass is 440 g/mol. The minimum atomic E-state index is -1.18. The normalized spacial score (nSPS) is 14.9. The van der Waals surface area contributed by atoms with Crippen molar-refractivity contribution < 1.29 is 14.7 Å². The number of likely N-dealkylation sites (tertiary alicyclic amines) is 1. The molecule has 1 amide bonds. The second-order valence-electron chi connectivity index (χ2n) is 7.06. The maximum absolute atomic E-state index is 12.4.